The molecule has 0 saturated carbocycles. The molecule has 0 amide bonds. The minimum Gasteiger partial charge on any atom is -0.397 e. The Hall–Kier alpha value is -2.06. The first-order chi connectivity index (χ1) is 9.92. The molecular weight excluding hydrogens is 290 g/mol. The zero-order chi connectivity index (χ0) is 15.5. The van der Waals surface area contributed by atoms with Gasteiger partial charge in [0.25, 0.3) is 0 Å². The second-order valence-corrected chi connectivity index (χ2v) is 6.65. The maximum Gasteiger partial charge on any atom is 0.240 e. The van der Waals surface area contributed by atoms with Gasteiger partial charge in [-0.3, -0.25) is 0 Å². The van der Waals surface area contributed by atoms with Gasteiger partial charge < -0.3 is 15.6 Å². The van der Waals surface area contributed by atoms with Crippen LogP contribution in [0.5, 0.6) is 0 Å². The minimum atomic E-state index is -3.48. The lowest BCUT2D eigenvalue weighted by atomic mass is 10.2. The molecule has 114 valence electrons. The van der Waals surface area contributed by atoms with E-state index >= 15 is 0 Å². The molecule has 0 aliphatic heterocycles. The third-order valence-corrected chi connectivity index (χ3v) is 4.46. The molecule has 1 atom stereocenters. The van der Waals surface area contributed by atoms with Crippen molar-refractivity contribution >= 4 is 21.4 Å². The molecule has 2 rings (SSSR count). The highest BCUT2D eigenvalue weighted by atomic mass is 32.2. The molecule has 0 aliphatic carbocycles. The topological polar surface area (TPSA) is 102 Å². The largest absolute Gasteiger partial charge is 0.397 e. The molecule has 7 nitrogen and oxygen atoms in total. The van der Waals surface area contributed by atoms with Crippen LogP contribution in [-0.2, 0) is 16.6 Å². The molecular formula is C13H19N5O2S. The summed E-state index contributed by atoms with van der Waals surface area (Å²) in [6, 6.07) is 4.66. The summed E-state index contributed by atoms with van der Waals surface area (Å²) in [5, 5.41) is 3.22. The van der Waals surface area contributed by atoms with Crippen molar-refractivity contribution < 1.29 is 8.42 Å². The fourth-order valence-electron chi connectivity index (χ4n) is 1.97. The van der Waals surface area contributed by atoms with E-state index in [1.807, 2.05) is 17.7 Å². The highest BCUT2D eigenvalue weighted by Crippen LogP contribution is 2.23. The number of hydrogen-bond donors (Lipinski definition) is 3. The van der Waals surface area contributed by atoms with Crippen molar-refractivity contribution in [2.45, 2.75) is 24.4 Å². The number of aromatic nitrogens is 2. The molecule has 21 heavy (non-hydrogen) atoms. The van der Waals surface area contributed by atoms with E-state index in [4.69, 9.17) is 5.73 Å². The Kier molecular flexibility index (Phi) is 4.49. The number of rotatable bonds is 6. The Morgan fingerprint density at radius 1 is 1.43 bits per heavy atom. The van der Waals surface area contributed by atoms with Crippen LogP contribution in [0.25, 0.3) is 0 Å². The Bertz CT molecular complexity index is 697. The van der Waals surface area contributed by atoms with Gasteiger partial charge in [0.1, 0.15) is 0 Å². The SMILES string of the molecule is CNS(=O)(=O)c1ccc(N)c(NC(C)Cn2ccnc2)c1. The van der Waals surface area contributed by atoms with Crippen molar-refractivity contribution in [3.8, 4) is 0 Å². The third kappa shape index (κ3) is 3.73. The van der Waals surface area contributed by atoms with Crippen molar-refractivity contribution in [1.29, 1.82) is 0 Å². The quantitative estimate of drug-likeness (QED) is 0.687. The monoisotopic (exact) mass is 309 g/mol. The Morgan fingerprint density at radius 3 is 2.81 bits per heavy atom. The number of imidazole rings is 1. The highest BCUT2D eigenvalue weighted by molar-refractivity contribution is 7.89. The van der Waals surface area contributed by atoms with E-state index in [-0.39, 0.29) is 10.9 Å². The fraction of sp³-hybridized carbons (Fsp3) is 0.308. The van der Waals surface area contributed by atoms with Crippen LogP contribution in [0.2, 0.25) is 0 Å². The standard InChI is InChI=1S/C13H19N5O2S/c1-10(8-18-6-5-16-9-18)17-13-7-11(3-4-12(13)14)21(19,20)15-2/h3-7,9-10,15,17H,8,14H2,1-2H3. The predicted molar refractivity (Wildman–Crippen MR) is 82.4 cm³/mol. The van der Waals surface area contributed by atoms with Gasteiger partial charge in [0.05, 0.1) is 22.6 Å². The van der Waals surface area contributed by atoms with Crippen molar-refractivity contribution in [1.82, 2.24) is 14.3 Å². The van der Waals surface area contributed by atoms with Gasteiger partial charge in [-0.25, -0.2) is 18.1 Å². The molecule has 0 saturated heterocycles. The zero-order valence-electron chi connectivity index (χ0n) is 11.9. The minimum absolute atomic E-state index is 0.0639. The number of sulfonamides is 1. The summed E-state index contributed by atoms with van der Waals surface area (Å²) in [7, 11) is -2.11. The van der Waals surface area contributed by atoms with Crippen LogP contribution in [-0.4, -0.2) is 31.1 Å². The second kappa shape index (κ2) is 6.15. The van der Waals surface area contributed by atoms with Gasteiger partial charge in [-0.1, -0.05) is 0 Å². The highest BCUT2D eigenvalue weighted by Gasteiger charge is 2.14. The van der Waals surface area contributed by atoms with Crippen LogP contribution in [0.1, 0.15) is 6.92 Å². The lowest BCUT2D eigenvalue weighted by Crippen LogP contribution is -2.23. The van der Waals surface area contributed by atoms with Gasteiger partial charge in [-0.05, 0) is 32.2 Å². The summed E-state index contributed by atoms with van der Waals surface area (Å²) < 4.78 is 27.8. The maximum atomic E-state index is 11.8. The summed E-state index contributed by atoms with van der Waals surface area (Å²) in [6.07, 6.45) is 5.30. The van der Waals surface area contributed by atoms with E-state index in [9.17, 15) is 8.42 Å². The van der Waals surface area contributed by atoms with Crippen LogP contribution in [0.3, 0.4) is 0 Å². The van der Waals surface area contributed by atoms with Crippen molar-refractivity contribution in [2.75, 3.05) is 18.1 Å². The molecule has 1 unspecified atom stereocenters. The molecule has 4 N–H and O–H groups in total. The number of nitrogen functional groups attached to an aromatic ring is 1. The molecule has 1 aromatic carbocycles. The zero-order valence-corrected chi connectivity index (χ0v) is 12.8. The van der Waals surface area contributed by atoms with Gasteiger partial charge >= 0.3 is 0 Å². The Balaban J connectivity index is 2.17. The molecule has 0 fully saturated rings. The number of nitrogens with two attached hydrogens (primary N) is 1. The lowest BCUT2D eigenvalue weighted by molar-refractivity contribution is 0.588. The lowest BCUT2D eigenvalue weighted by Gasteiger charge is -2.18. The fourth-order valence-corrected chi connectivity index (χ4v) is 2.72. The van der Waals surface area contributed by atoms with Crippen molar-refractivity contribution in [2.24, 2.45) is 0 Å². The van der Waals surface area contributed by atoms with E-state index in [0.29, 0.717) is 17.9 Å². The summed E-state index contributed by atoms with van der Waals surface area (Å²) in [5.74, 6) is 0. The van der Waals surface area contributed by atoms with E-state index in [2.05, 4.69) is 15.0 Å². The average Bonchev–Trinajstić information content (AvgIpc) is 2.93. The van der Waals surface area contributed by atoms with Crippen LogP contribution in [0.4, 0.5) is 11.4 Å². The smallest absolute Gasteiger partial charge is 0.240 e. The molecule has 0 spiro atoms. The van der Waals surface area contributed by atoms with Crippen molar-refractivity contribution in [3.05, 3.63) is 36.9 Å². The van der Waals surface area contributed by atoms with Crippen LogP contribution >= 0.6 is 0 Å². The normalized spacial score (nSPS) is 13.0. The molecule has 8 heteroatoms. The molecule has 1 heterocycles. The third-order valence-electron chi connectivity index (χ3n) is 3.05. The number of hydrogen-bond acceptors (Lipinski definition) is 5. The van der Waals surface area contributed by atoms with Crippen LogP contribution < -0.4 is 15.8 Å². The van der Waals surface area contributed by atoms with E-state index in [1.165, 1.54) is 19.2 Å². The van der Waals surface area contributed by atoms with Crippen molar-refractivity contribution in [3.63, 3.8) is 0 Å². The maximum absolute atomic E-state index is 11.8. The number of nitrogens with zero attached hydrogens (tertiary/aromatic N) is 2. The molecule has 0 radical (unpaired) electrons. The predicted octanol–water partition coefficient (Wildman–Crippen LogP) is 0.874. The van der Waals surface area contributed by atoms with E-state index in [1.54, 1.807) is 18.6 Å². The Labute approximate surface area is 124 Å². The van der Waals surface area contributed by atoms with E-state index < -0.39 is 10.0 Å². The molecule has 1 aromatic heterocycles. The van der Waals surface area contributed by atoms with Crippen LogP contribution in [0.15, 0.2) is 41.8 Å². The van der Waals surface area contributed by atoms with Crippen LogP contribution in [0, 0.1) is 0 Å². The number of nitrogens with one attached hydrogen (secondary N) is 2. The van der Waals surface area contributed by atoms with Gasteiger partial charge in [0, 0.05) is 25.0 Å². The first-order valence-corrected chi connectivity index (χ1v) is 7.96. The molecule has 0 bridgehead atoms. The molecule has 2 aromatic rings. The summed E-state index contributed by atoms with van der Waals surface area (Å²) in [6.45, 7) is 2.68. The summed E-state index contributed by atoms with van der Waals surface area (Å²) in [4.78, 5) is 4.16. The average molecular weight is 309 g/mol. The first kappa shape index (κ1) is 15.3. The summed E-state index contributed by atoms with van der Waals surface area (Å²) >= 11 is 0. The summed E-state index contributed by atoms with van der Waals surface area (Å²) in [5.41, 5.74) is 7.00. The van der Waals surface area contributed by atoms with E-state index in [0.717, 1.165) is 0 Å². The Morgan fingerprint density at radius 2 is 2.19 bits per heavy atom. The number of anilines is 2. The number of benzene rings is 1. The van der Waals surface area contributed by atoms with Gasteiger partial charge in [-0.2, -0.15) is 0 Å². The first-order valence-electron chi connectivity index (χ1n) is 6.47. The second-order valence-electron chi connectivity index (χ2n) is 4.76. The van der Waals surface area contributed by atoms with Gasteiger partial charge in [0.15, 0.2) is 0 Å². The molecule has 0 aliphatic rings. The van der Waals surface area contributed by atoms with Gasteiger partial charge in [0.2, 0.25) is 10.0 Å². The van der Waals surface area contributed by atoms with Gasteiger partial charge in [-0.15, -0.1) is 0 Å².